The van der Waals surface area contributed by atoms with Gasteiger partial charge in [0, 0.05) is 0 Å². The number of thioether (sulfide) groups is 1. The molecule has 7 heteroatoms. The fourth-order valence-electron chi connectivity index (χ4n) is 1.77. The third-order valence-corrected chi connectivity index (χ3v) is 3.47. The standard InChI is InChI=1S/C13H16FN3O2S/c1-20-5-4-11(18)13(19)15-7-12-16-9-3-2-8(14)6-10(9)17-12/h2-3,6,11,18H,4-5,7H2,1H3,(H,15,19)(H,16,17)/t11-/m0/s1. The van der Waals surface area contributed by atoms with Gasteiger partial charge >= 0.3 is 0 Å². The molecule has 1 aromatic heterocycles. The van der Waals surface area contributed by atoms with E-state index >= 15 is 0 Å². The first kappa shape index (κ1) is 14.8. The smallest absolute Gasteiger partial charge is 0.249 e. The highest BCUT2D eigenvalue weighted by Crippen LogP contribution is 2.12. The number of aromatic nitrogens is 2. The average Bonchev–Trinajstić information content (AvgIpc) is 2.83. The van der Waals surface area contributed by atoms with Crippen LogP contribution in [0.5, 0.6) is 0 Å². The van der Waals surface area contributed by atoms with Crippen LogP contribution in [-0.4, -0.2) is 39.1 Å². The van der Waals surface area contributed by atoms with E-state index < -0.39 is 12.0 Å². The Balaban J connectivity index is 1.93. The van der Waals surface area contributed by atoms with E-state index in [-0.39, 0.29) is 12.4 Å². The summed E-state index contributed by atoms with van der Waals surface area (Å²) in [6.07, 6.45) is 1.32. The monoisotopic (exact) mass is 297 g/mol. The van der Waals surface area contributed by atoms with Gasteiger partial charge in [0.2, 0.25) is 5.91 Å². The molecule has 1 heterocycles. The number of imidazole rings is 1. The molecule has 20 heavy (non-hydrogen) atoms. The van der Waals surface area contributed by atoms with Crippen molar-refractivity contribution in [1.29, 1.82) is 0 Å². The van der Waals surface area contributed by atoms with Gasteiger partial charge in [0.15, 0.2) is 0 Å². The van der Waals surface area contributed by atoms with Gasteiger partial charge < -0.3 is 15.4 Å². The lowest BCUT2D eigenvalue weighted by molar-refractivity contribution is -0.129. The molecule has 1 atom stereocenters. The molecule has 0 bridgehead atoms. The van der Waals surface area contributed by atoms with Gasteiger partial charge in [-0.1, -0.05) is 0 Å². The molecule has 5 nitrogen and oxygen atoms in total. The number of hydrogen-bond donors (Lipinski definition) is 3. The summed E-state index contributed by atoms with van der Waals surface area (Å²) in [7, 11) is 0. The highest BCUT2D eigenvalue weighted by molar-refractivity contribution is 7.98. The van der Waals surface area contributed by atoms with E-state index in [1.165, 1.54) is 12.1 Å². The lowest BCUT2D eigenvalue weighted by Gasteiger charge is -2.09. The van der Waals surface area contributed by atoms with Gasteiger partial charge in [0.05, 0.1) is 17.6 Å². The Kier molecular flexibility index (Phi) is 4.97. The SMILES string of the molecule is CSCC[C@H](O)C(=O)NCc1nc2ccc(F)cc2[nH]1. The van der Waals surface area contributed by atoms with Gasteiger partial charge in [0.1, 0.15) is 17.7 Å². The topological polar surface area (TPSA) is 78.0 Å². The fraction of sp³-hybridized carbons (Fsp3) is 0.385. The molecule has 3 N–H and O–H groups in total. The number of aliphatic hydroxyl groups excluding tert-OH is 1. The van der Waals surface area contributed by atoms with Crippen molar-refractivity contribution in [2.75, 3.05) is 12.0 Å². The minimum atomic E-state index is -1.01. The summed E-state index contributed by atoms with van der Waals surface area (Å²) in [5.74, 6) is 0.476. The number of aromatic amines is 1. The molecule has 1 aromatic carbocycles. The Morgan fingerprint density at radius 2 is 2.40 bits per heavy atom. The Labute approximate surface area is 120 Å². The second-order valence-electron chi connectivity index (χ2n) is 4.36. The van der Waals surface area contributed by atoms with Crippen LogP contribution in [0, 0.1) is 5.82 Å². The van der Waals surface area contributed by atoms with Crippen LogP contribution in [0.25, 0.3) is 11.0 Å². The summed E-state index contributed by atoms with van der Waals surface area (Å²) in [5.41, 5.74) is 1.22. The second kappa shape index (κ2) is 6.71. The first-order valence-electron chi connectivity index (χ1n) is 6.19. The Morgan fingerprint density at radius 3 is 3.15 bits per heavy atom. The molecule has 1 amide bonds. The van der Waals surface area contributed by atoms with E-state index in [1.54, 1.807) is 17.8 Å². The number of carbonyl (C=O) groups excluding carboxylic acids is 1. The van der Waals surface area contributed by atoms with Crippen LogP contribution in [0.3, 0.4) is 0 Å². The van der Waals surface area contributed by atoms with E-state index in [2.05, 4.69) is 15.3 Å². The predicted molar refractivity (Wildman–Crippen MR) is 76.9 cm³/mol. The van der Waals surface area contributed by atoms with Gasteiger partial charge in [-0.3, -0.25) is 4.79 Å². The number of halogens is 1. The maximum atomic E-state index is 13.0. The van der Waals surface area contributed by atoms with E-state index in [1.807, 2.05) is 6.26 Å². The number of amides is 1. The van der Waals surface area contributed by atoms with Crippen molar-refractivity contribution in [2.24, 2.45) is 0 Å². The zero-order valence-electron chi connectivity index (χ0n) is 11.0. The molecule has 0 aliphatic rings. The van der Waals surface area contributed by atoms with Crippen LogP contribution in [0.2, 0.25) is 0 Å². The van der Waals surface area contributed by atoms with Gasteiger partial charge in [-0.05, 0) is 36.6 Å². The summed E-state index contributed by atoms with van der Waals surface area (Å²) in [6.45, 7) is 0.172. The normalized spacial score (nSPS) is 12.6. The summed E-state index contributed by atoms with van der Waals surface area (Å²) in [6, 6.07) is 4.25. The lowest BCUT2D eigenvalue weighted by Crippen LogP contribution is -2.34. The molecular formula is C13H16FN3O2S. The van der Waals surface area contributed by atoms with Crippen molar-refractivity contribution in [3.8, 4) is 0 Å². The number of carbonyl (C=O) groups is 1. The van der Waals surface area contributed by atoms with Crippen LogP contribution >= 0.6 is 11.8 Å². The third-order valence-electron chi connectivity index (χ3n) is 2.82. The van der Waals surface area contributed by atoms with Crippen LogP contribution < -0.4 is 5.32 Å². The Morgan fingerprint density at radius 1 is 1.60 bits per heavy atom. The maximum Gasteiger partial charge on any atom is 0.249 e. The zero-order chi connectivity index (χ0) is 14.5. The number of hydrogen-bond acceptors (Lipinski definition) is 4. The third kappa shape index (κ3) is 3.71. The van der Waals surface area contributed by atoms with Gasteiger partial charge in [-0.15, -0.1) is 0 Å². The molecule has 2 rings (SSSR count). The molecule has 108 valence electrons. The number of nitrogens with zero attached hydrogens (tertiary/aromatic N) is 1. The molecule has 0 fully saturated rings. The minimum absolute atomic E-state index is 0.172. The number of fused-ring (bicyclic) bond motifs is 1. The van der Waals surface area contributed by atoms with Crippen LogP contribution in [0.15, 0.2) is 18.2 Å². The summed E-state index contributed by atoms with van der Waals surface area (Å²) >= 11 is 1.57. The highest BCUT2D eigenvalue weighted by atomic mass is 32.2. The van der Waals surface area contributed by atoms with Crippen LogP contribution in [0.1, 0.15) is 12.2 Å². The number of aliphatic hydroxyl groups is 1. The largest absolute Gasteiger partial charge is 0.383 e. The van der Waals surface area contributed by atoms with E-state index in [0.29, 0.717) is 23.3 Å². The first-order chi connectivity index (χ1) is 9.60. The van der Waals surface area contributed by atoms with Gasteiger partial charge in [0.25, 0.3) is 0 Å². The first-order valence-corrected chi connectivity index (χ1v) is 7.58. The predicted octanol–water partition coefficient (Wildman–Crippen LogP) is 1.43. The highest BCUT2D eigenvalue weighted by Gasteiger charge is 2.14. The molecular weight excluding hydrogens is 281 g/mol. The van der Waals surface area contributed by atoms with Crippen molar-refractivity contribution in [2.45, 2.75) is 19.1 Å². The Hall–Kier alpha value is -1.60. The quantitative estimate of drug-likeness (QED) is 0.754. The van der Waals surface area contributed by atoms with Crippen LogP contribution in [0.4, 0.5) is 4.39 Å². The summed E-state index contributed by atoms with van der Waals surface area (Å²) in [5, 5.41) is 12.2. The number of nitrogens with one attached hydrogen (secondary N) is 2. The van der Waals surface area contributed by atoms with Gasteiger partial charge in [-0.2, -0.15) is 11.8 Å². The van der Waals surface area contributed by atoms with Crippen LogP contribution in [-0.2, 0) is 11.3 Å². The zero-order valence-corrected chi connectivity index (χ0v) is 11.8. The summed E-state index contributed by atoms with van der Waals surface area (Å²) in [4.78, 5) is 18.8. The second-order valence-corrected chi connectivity index (χ2v) is 5.35. The minimum Gasteiger partial charge on any atom is -0.383 e. The molecule has 0 saturated heterocycles. The maximum absolute atomic E-state index is 13.0. The van der Waals surface area contributed by atoms with Gasteiger partial charge in [-0.25, -0.2) is 9.37 Å². The Bertz CT molecular complexity index is 602. The molecule has 0 unspecified atom stereocenters. The van der Waals surface area contributed by atoms with Crippen molar-refractivity contribution in [1.82, 2.24) is 15.3 Å². The van der Waals surface area contributed by atoms with Crippen molar-refractivity contribution in [3.05, 3.63) is 29.8 Å². The number of H-pyrrole nitrogens is 1. The van der Waals surface area contributed by atoms with Crippen molar-refractivity contribution >= 4 is 28.7 Å². The van der Waals surface area contributed by atoms with Crippen molar-refractivity contribution < 1.29 is 14.3 Å². The number of benzene rings is 1. The van der Waals surface area contributed by atoms with Crippen molar-refractivity contribution in [3.63, 3.8) is 0 Å². The molecule has 0 aliphatic carbocycles. The molecule has 2 aromatic rings. The molecule has 0 radical (unpaired) electrons. The van der Waals surface area contributed by atoms with E-state index in [0.717, 1.165) is 5.75 Å². The fourth-order valence-corrected chi connectivity index (χ4v) is 2.23. The average molecular weight is 297 g/mol. The lowest BCUT2D eigenvalue weighted by atomic mass is 10.2. The van der Waals surface area contributed by atoms with E-state index in [9.17, 15) is 14.3 Å². The molecule has 0 aliphatic heterocycles. The summed E-state index contributed by atoms with van der Waals surface area (Å²) < 4.78 is 13.0. The molecule has 0 spiro atoms. The number of rotatable bonds is 6. The molecule has 0 saturated carbocycles. The van der Waals surface area contributed by atoms with E-state index in [4.69, 9.17) is 0 Å².